The number of phenols is 1. The SMILES string of the molecule is N#CC1CCCCN1C(=O)c1cc(F)ccc1O. The highest BCUT2D eigenvalue weighted by Crippen LogP contribution is 2.24. The van der Waals surface area contributed by atoms with Gasteiger partial charge in [-0.15, -0.1) is 0 Å². The van der Waals surface area contributed by atoms with Gasteiger partial charge in [0.2, 0.25) is 0 Å². The molecule has 1 aliphatic heterocycles. The van der Waals surface area contributed by atoms with Crippen molar-refractivity contribution in [1.82, 2.24) is 4.90 Å². The lowest BCUT2D eigenvalue weighted by atomic mass is 10.0. The number of amides is 1. The van der Waals surface area contributed by atoms with Crippen molar-refractivity contribution in [2.75, 3.05) is 6.54 Å². The quantitative estimate of drug-likeness (QED) is 0.827. The molecule has 1 unspecified atom stereocenters. The number of benzene rings is 1. The lowest BCUT2D eigenvalue weighted by Crippen LogP contribution is -2.43. The van der Waals surface area contributed by atoms with E-state index in [0.29, 0.717) is 13.0 Å². The van der Waals surface area contributed by atoms with E-state index in [1.807, 2.05) is 0 Å². The minimum Gasteiger partial charge on any atom is -0.507 e. The Bertz CT molecular complexity index is 510. The van der Waals surface area contributed by atoms with Crippen LogP contribution in [0.5, 0.6) is 5.75 Å². The molecule has 0 radical (unpaired) electrons. The normalized spacial score (nSPS) is 19.3. The highest BCUT2D eigenvalue weighted by molar-refractivity contribution is 5.97. The van der Waals surface area contributed by atoms with Gasteiger partial charge in [-0.1, -0.05) is 0 Å². The van der Waals surface area contributed by atoms with Crippen molar-refractivity contribution in [2.45, 2.75) is 25.3 Å². The molecule has 2 rings (SSSR count). The van der Waals surface area contributed by atoms with Gasteiger partial charge in [0, 0.05) is 6.54 Å². The molecule has 1 fully saturated rings. The van der Waals surface area contributed by atoms with Crippen LogP contribution < -0.4 is 0 Å². The van der Waals surface area contributed by atoms with E-state index < -0.39 is 17.8 Å². The van der Waals surface area contributed by atoms with Gasteiger partial charge in [-0.25, -0.2) is 4.39 Å². The van der Waals surface area contributed by atoms with Gasteiger partial charge in [-0.3, -0.25) is 4.79 Å². The maximum atomic E-state index is 13.1. The van der Waals surface area contributed by atoms with Crippen molar-refractivity contribution >= 4 is 5.91 Å². The van der Waals surface area contributed by atoms with Crippen LogP contribution in [0.3, 0.4) is 0 Å². The Morgan fingerprint density at radius 3 is 3.00 bits per heavy atom. The number of rotatable bonds is 1. The molecule has 5 heteroatoms. The zero-order chi connectivity index (χ0) is 13.1. The lowest BCUT2D eigenvalue weighted by Gasteiger charge is -2.31. The Morgan fingerprint density at radius 1 is 1.50 bits per heavy atom. The molecule has 4 nitrogen and oxygen atoms in total. The van der Waals surface area contributed by atoms with Gasteiger partial charge in [0.25, 0.3) is 5.91 Å². The largest absolute Gasteiger partial charge is 0.507 e. The molecule has 0 saturated carbocycles. The molecule has 1 aromatic carbocycles. The molecule has 1 saturated heterocycles. The molecule has 1 aromatic rings. The zero-order valence-electron chi connectivity index (χ0n) is 9.77. The number of hydrogen-bond donors (Lipinski definition) is 1. The Kier molecular flexibility index (Phi) is 3.47. The van der Waals surface area contributed by atoms with Crippen LogP contribution in [-0.4, -0.2) is 28.5 Å². The van der Waals surface area contributed by atoms with Gasteiger partial charge < -0.3 is 10.0 Å². The van der Waals surface area contributed by atoms with Gasteiger partial charge in [-0.05, 0) is 37.5 Å². The van der Waals surface area contributed by atoms with Crippen molar-refractivity contribution in [3.63, 3.8) is 0 Å². The minimum absolute atomic E-state index is 0.0860. The number of likely N-dealkylation sites (tertiary alicyclic amines) is 1. The van der Waals surface area contributed by atoms with Crippen LogP contribution >= 0.6 is 0 Å². The third-order valence-corrected chi connectivity index (χ3v) is 3.10. The fraction of sp³-hybridized carbons (Fsp3) is 0.385. The monoisotopic (exact) mass is 248 g/mol. The molecule has 94 valence electrons. The van der Waals surface area contributed by atoms with E-state index in [-0.39, 0.29) is 11.3 Å². The van der Waals surface area contributed by atoms with Crippen LogP contribution in [0.1, 0.15) is 29.6 Å². The Morgan fingerprint density at radius 2 is 2.28 bits per heavy atom. The first-order chi connectivity index (χ1) is 8.63. The van der Waals surface area contributed by atoms with Crippen molar-refractivity contribution in [2.24, 2.45) is 0 Å². The van der Waals surface area contributed by atoms with E-state index in [1.165, 1.54) is 4.90 Å². The summed E-state index contributed by atoms with van der Waals surface area (Å²) < 4.78 is 13.1. The van der Waals surface area contributed by atoms with Crippen LogP contribution in [0.15, 0.2) is 18.2 Å². The number of piperidine rings is 1. The summed E-state index contributed by atoms with van der Waals surface area (Å²) in [7, 11) is 0. The van der Waals surface area contributed by atoms with Crippen molar-refractivity contribution in [3.05, 3.63) is 29.6 Å². The van der Waals surface area contributed by atoms with Crippen LogP contribution in [0, 0.1) is 17.1 Å². The van der Waals surface area contributed by atoms with Gasteiger partial charge in [0.15, 0.2) is 0 Å². The van der Waals surface area contributed by atoms with E-state index in [9.17, 15) is 14.3 Å². The average molecular weight is 248 g/mol. The molecular weight excluding hydrogens is 235 g/mol. The topological polar surface area (TPSA) is 64.3 Å². The smallest absolute Gasteiger partial charge is 0.258 e. The number of aromatic hydroxyl groups is 1. The lowest BCUT2D eigenvalue weighted by molar-refractivity contribution is 0.0667. The van der Waals surface area contributed by atoms with E-state index in [4.69, 9.17) is 5.26 Å². The molecule has 1 atom stereocenters. The average Bonchev–Trinajstić information content (AvgIpc) is 2.40. The highest BCUT2D eigenvalue weighted by Gasteiger charge is 2.28. The summed E-state index contributed by atoms with van der Waals surface area (Å²) in [5.41, 5.74) is -0.0860. The predicted octanol–water partition coefficient (Wildman–Crippen LogP) is 2.05. The standard InChI is InChI=1S/C13H13FN2O2/c14-9-4-5-12(17)11(7-9)13(18)16-6-2-1-3-10(16)8-15/h4-5,7,10,17H,1-3,6H2. The fourth-order valence-corrected chi connectivity index (χ4v) is 2.14. The molecule has 0 bridgehead atoms. The summed E-state index contributed by atoms with van der Waals surface area (Å²) in [4.78, 5) is 13.6. The summed E-state index contributed by atoms with van der Waals surface area (Å²) in [5, 5.41) is 18.6. The van der Waals surface area contributed by atoms with Crippen LogP contribution in [-0.2, 0) is 0 Å². The molecule has 1 N–H and O–H groups in total. The molecule has 0 spiro atoms. The maximum absolute atomic E-state index is 13.1. The third-order valence-electron chi connectivity index (χ3n) is 3.10. The van der Waals surface area contributed by atoms with Gasteiger partial charge >= 0.3 is 0 Å². The van der Waals surface area contributed by atoms with Crippen molar-refractivity contribution < 1.29 is 14.3 Å². The number of phenolic OH excluding ortho intramolecular Hbond substituents is 1. The number of halogens is 1. The minimum atomic E-state index is -0.582. The summed E-state index contributed by atoms with van der Waals surface area (Å²) in [6, 6.07) is 4.81. The first-order valence-electron chi connectivity index (χ1n) is 5.82. The number of nitriles is 1. The molecular formula is C13H13FN2O2. The maximum Gasteiger partial charge on any atom is 0.258 e. The number of carbonyl (C=O) groups excluding carboxylic acids is 1. The number of hydrogen-bond acceptors (Lipinski definition) is 3. The highest BCUT2D eigenvalue weighted by atomic mass is 19.1. The van der Waals surface area contributed by atoms with Crippen LogP contribution in [0.2, 0.25) is 0 Å². The summed E-state index contributed by atoms with van der Waals surface area (Å²) in [6.45, 7) is 0.465. The van der Waals surface area contributed by atoms with Crippen LogP contribution in [0.25, 0.3) is 0 Å². The first-order valence-corrected chi connectivity index (χ1v) is 5.82. The molecule has 1 amide bonds. The fourth-order valence-electron chi connectivity index (χ4n) is 2.14. The Balaban J connectivity index is 2.30. The second-order valence-corrected chi connectivity index (χ2v) is 4.30. The van der Waals surface area contributed by atoms with E-state index >= 15 is 0 Å². The summed E-state index contributed by atoms with van der Waals surface area (Å²) in [5.74, 6) is -1.33. The van der Waals surface area contributed by atoms with Gasteiger partial charge in [0.05, 0.1) is 11.6 Å². The molecule has 0 aliphatic carbocycles. The van der Waals surface area contributed by atoms with Gasteiger partial charge in [-0.2, -0.15) is 5.26 Å². The predicted molar refractivity (Wildman–Crippen MR) is 62.4 cm³/mol. The first kappa shape index (κ1) is 12.4. The summed E-state index contributed by atoms with van der Waals surface area (Å²) in [6.07, 6.45) is 2.34. The zero-order valence-corrected chi connectivity index (χ0v) is 9.77. The number of nitrogens with zero attached hydrogens (tertiary/aromatic N) is 2. The molecule has 18 heavy (non-hydrogen) atoms. The molecule has 1 aliphatic rings. The van der Waals surface area contributed by atoms with Crippen molar-refractivity contribution in [1.29, 1.82) is 5.26 Å². The third kappa shape index (κ3) is 2.28. The van der Waals surface area contributed by atoms with E-state index in [2.05, 4.69) is 6.07 Å². The van der Waals surface area contributed by atoms with Crippen LogP contribution in [0.4, 0.5) is 4.39 Å². The Labute approximate surface area is 104 Å². The number of carbonyl (C=O) groups is 1. The molecule has 1 heterocycles. The second kappa shape index (κ2) is 5.05. The van der Waals surface area contributed by atoms with Gasteiger partial charge in [0.1, 0.15) is 17.6 Å². The second-order valence-electron chi connectivity index (χ2n) is 4.30. The van der Waals surface area contributed by atoms with E-state index in [1.54, 1.807) is 0 Å². The Hall–Kier alpha value is -2.09. The summed E-state index contributed by atoms with van der Waals surface area (Å²) >= 11 is 0. The molecule has 0 aromatic heterocycles. The van der Waals surface area contributed by atoms with E-state index in [0.717, 1.165) is 31.0 Å². The van der Waals surface area contributed by atoms with Crippen molar-refractivity contribution in [3.8, 4) is 11.8 Å².